The quantitative estimate of drug-likeness (QED) is 0.784. The van der Waals surface area contributed by atoms with Crippen LogP contribution >= 0.6 is 15.9 Å². The first-order valence-corrected chi connectivity index (χ1v) is 6.71. The molecule has 1 aromatic heterocycles. The van der Waals surface area contributed by atoms with E-state index >= 15 is 0 Å². The molecule has 96 valence electrons. The molecular formula is C12H19BrN2O2. The molecule has 0 saturated heterocycles. The molecule has 0 aliphatic carbocycles. The third kappa shape index (κ3) is 3.31. The minimum Gasteiger partial charge on any atom is -0.464 e. The van der Waals surface area contributed by atoms with E-state index in [0.29, 0.717) is 18.9 Å². The Kier molecular flexibility index (Phi) is 5.18. The molecule has 1 rings (SSSR count). The van der Waals surface area contributed by atoms with Gasteiger partial charge in [0.1, 0.15) is 6.04 Å². The van der Waals surface area contributed by atoms with Crippen molar-refractivity contribution in [3.8, 4) is 0 Å². The van der Waals surface area contributed by atoms with Crippen molar-refractivity contribution in [1.82, 2.24) is 9.78 Å². The van der Waals surface area contributed by atoms with Gasteiger partial charge in [-0.25, -0.2) is 4.79 Å². The van der Waals surface area contributed by atoms with Gasteiger partial charge in [0.05, 0.1) is 16.8 Å². The van der Waals surface area contributed by atoms with Gasteiger partial charge >= 0.3 is 5.97 Å². The van der Waals surface area contributed by atoms with Gasteiger partial charge in [0.15, 0.2) is 0 Å². The van der Waals surface area contributed by atoms with Crippen molar-refractivity contribution in [1.29, 1.82) is 0 Å². The first-order valence-electron chi connectivity index (χ1n) is 5.92. The molecule has 0 bridgehead atoms. The highest BCUT2D eigenvalue weighted by Crippen LogP contribution is 2.25. The van der Waals surface area contributed by atoms with Crippen molar-refractivity contribution in [2.75, 3.05) is 6.61 Å². The summed E-state index contributed by atoms with van der Waals surface area (Å²) >= 11 is 3.47. The molecule has 4 nitrogen and oxygen atoms in total. The maximum absolute atomic E-state index is 11.8. The molecule has 1 atom stereocenters. The Labute approximate surface area is 110 Å². The summed E-state index contributed by atoms with van der Waals surface area (Å²) in [4.78, 5) is 11.8. The molecule has 0 radical (unpaired) electrons. The van der Waals surface area contributed by atoms with Crippen LogP contribution < -0.4 is 0 Å². The Morgan fingerprint density at radius 1 is 1.53 bits per heavy atom. The topological polar surface area (TPSA) is 44.1 Å². The summed E-state index contributed by atoms with van der Waals surface area (Å²) in [5.74, 6) is 0.102. The second-order valence-corrected chi connectivity index (χ2v) is 5.03. The molecule has 1 aromatic rings. The van der Waals surface area contributed by atoms with Crippen LogP contribution in [0.25, 0.3) is 0 Å². The van der Waals surface area contributed by atoms with E-state index in [1.54, 1.807) is 4.68 Å². The smallest absolute Gasteiger partial charge is 0.330 e. The van der Waals surface area contributed by atoms with Gasteiger partial charge in [0, 0.05) is 6.20 Å². The van der Waals surface area contributed by atoms with Gasteiger partial charge in [-0.3, -0.25) is 4.68 Å². The third-order valence-electron chi connectivity index (χ3n) is 2.53. The Morgan fingerprint density at radius 3 is 2.59 bits per heavy atom. The molecule has 17 heavy (non-hydrogen) atoms. The number of aromatic nitrogens is 2. The van der Waals surface area contributed by atoms with Crippen LogP contribution in [0.4, 0.5) is 0 Å². The Morgan fingerprint density at radius 2 is 2.18 bits per heavy atom. The number of halogens is 1. The number of hydrogen-bond acceptors (Lipinski definition) is 3. The number of rotatable bonds is 5. The second kappa shape index (κ2) is 6.19. The number of ether oxygens (including phenoxy) is 1. The number of esters is 1. The van der Waals surface area contributed by atoms with E-state index < -0.39 is 0 Å². The number of nitrogens with zero attached hydrogens (tertiary/aromatic N) is 2. The molecule has 0 aliphatic heterocycles. The third-order valence-corrected chi connectivity index (χ3v) is 3.14. The first-order chi connectivity index (χ1) is 8.01. The fourth-order valence-corrected chi connectivity index (χ4v) is 2.38. The Hall–Kier alpha value is -0.840. The lowest BCUT2D eigenvalue weighted by molar-refractivity contribution is -0.147. The van der Waals surface area contributed by atoms with Crippen LogP contribution in [0.1, 0.15) is 51.8 Å². The van der Waals surface area contributed by atoms with Crippen molar-refractivity contribution < 1.29 is 9.53 Å². The Bertz CT molecular complexity index is 388. The highest BCUT2D eigenvalue weighted by molar-refractivity contribution is 9.10. The van der Waals surface area contributed by atoms with Crippen LogP contribution in [-0.2, 0) is 9.53 Å². The zero-order chi connectivity index (χ0) is 13.0. The maximum atomic E-state index is 11.8. The molecule has 0 saturated carbocycles. The molecular weight excluding hydrogens is 284 g/mol. The van der Waals surface area contributed by atoms with Crippen LogP contribution in [0.2, 0.25) is 0 Å². The van der Waals surface area contributed by atoms with Gasteiger partial charge in [-0.1, -0.05) is 20.8 Å². The van der Waals surface area contributed by atoms with Gasteiger partial charge in [-0.15, -0.1) is 0 Å². The van der Waals surface area contributed by atoms with Crippen LogP contribution in [0.15, 0.2) is 10.7 Å². The summed E-state index contributed by atoms with van der Waals surface area (Å²) in [5.41, 5.74) is 0.966. The van der Waals surface area contributed by atoms with Gasteiger partial charge in [0.2, 0.25) is 0 Å². The lowest BCUT2D eigenvalue weighted by Gasteiger charge is -2.13. The molecule has 0 aliphatic rings. The van der Waals surface area contributed by atoms with Crippen molar-refractivity contribution in [3.05, 3.63) is 16.4 Å². The van der Waals surface area contributed by atoms with Gasteiger partial charge in [-0.2, -0.15) is 5.10 Å². The molecule has 1 heterocycles. The predicted octanol–water partition coefficient (Wildman–Crippen LogP) is 3.28. The summed E-state index contributed by atoms with van der Waals surface area (Å²) in [6, 6.07) is -0.334. The lowest BCUT2D eigenvalue weighted by atomic mass is 10.1. The van der Waals surface area contributed by atoms with E-state index in [0.717, 1.165) is 10.2 Å². The van der Waals surface area contributed by atoms with E-state index in [1.807, 2.05) is 20.0 Å². The highest BCUT2D eigenvalue weighted by Gasteiger charge is 2.22. The normalized spacial score (nSPS) is 12.8. The number of carbonyl (C=O) groups is 1. The van der Waals surface area contributed by atoms with E-state index in [-0.39, 0.29) is 12.0 Å². The van der Waals surface area contributed by atoms with Gasteiger partial charge in [-0.05, 0) is 35.2 Å². The Balaban J connectivity index is 2.96. The fraction of sp³-hybridized carbons (Fsp3) is 0.667. The summed E-state index contributed by atoms with van der Waals surface area (Å²) in [7, 11) is 0. The highest BCUT2D eigenvalue weighted by atomic mass is 79.9. The van der Waals surface area contributed by atoms with Crippen molar-refractivity contribution in [2.45, 2.75) is 46.1 Å². The van der Waals surface area contributed by atoms with Crippen LogP contribution in [-0.4, -0.2) is 22.4 Å². The first kappa shape index (κ1) is 14.2. The SMILES string of the molecule is CCOC(=O)C(CC)n1cc(Br)c(C(C)C)n1. The summed E-state index contributed by atoms with van der Waals surface area (Å²) in [5, 5.41) is 4.45. The van der Waals surface area contributed by atoms with E-state index in [1.165, 1.54) is 0 Å². The largest absolute Gasteiger partial charge is 0.464 e. The predicted molar refractivity (Wildman–Crippen MR) is 70.0 cm³/mol. The zero-order valence-electron chi connectivity index (χ0n) is 10.7. The van der Waals surface area contributed by atoms with Crippen LogP contribution in [0, 0.1) is 0 Å². The molecule has 0 spiro atoms. The zero-order valence-corrected chi connectivity index (χ0v) is 12.3. The van der Waals surface area contributed by atoms with Crippen molar-refractivity contribution >= 4 is 21.9 Å². The van der Waals surface area contributed by atoms with Crippen molar-refractivity contribution in [3.63, 3.8) is 0 Å². The molecule has 5 heteroatoms. The summed E-state index contributed by atoms with van der Waals surface area (Å²) < 4.78 is 7.68. The molecule has 0 amide bonds. The maximum Gasteiger partial charge on any atom is 0.330 e. The second-order valence-electron chi connectivity index (χ2n) is 4.17. The standard InChI is InChI=1S/C12H19BrN2O2/c1-5-10(12(16)17-6-2)15-7-9(13)11(14-15)8(3)4/h7-8,10H,5-6H2,1-4H3. The van der Waals surface area contributed by atoms with Gasteiger partial charge < -0.3 is 4.74 Å². The van der Waals surface area contributed by atoms with Crippen LogP contribution in [0.3, 0.4) is 0 Å². The number of carbonyl (C=O) groups excluding carboxylic acids is 1. The van der Waals surface area contributed by atoms with E-state index in [2.05, 4.69) is 34.9 Å². The monoisotopic (exact) mass is 302 g/mol. The molecule has 0 aromatic carbocycles. The van der Waals surface area contributed by atoms with E-state index in [4.69, 9.17) is 4.74 Å². The molecule has 0 fully saturated rings. The van der Waals surface area contributed by atoms with Gasteiger partial charge in [0.25, 0.3) is 0 Å². The van der Waals surface area contributed by atoms with Crippen molar-refractivity contribution in [2.24, 2.45) is 0 Å². The minimum absolute atomic E-state index is 0.222. The number of hydrogen-bond donors (Lipinski definition) is 0. The average Bonchev–Trinajstić information content (AvgIpc) is 2.62. The summed E-state index contributed by atoms with van der Waals surface area (Å²) in [6.45, 7) is 8.30. The molecule has 1 unspecified atom stereocenters. The summed E-state index contributed by atoms with van der Waals surface area (Å²) in [6.07, 6.45) is 2.52. The fourth-order valence-electron chi connectivity index (χ4n) is 1.63. The van der Waals surface area contributed by atoms with E-state index in [9.17, 15) is 4.79 Å². The minimum atomic E-state index is -0.334. The molecule has 0 N–H and O–H groups in total. The van der Waals surface area contributed by atoms with Crippen LogP contribution in [0.5, 0.6) is 0 Å². The lowest BCUT2D eigenvalue weighted by Crippen LogP contribution is -2.22. The average molecular weight is 303 g/mol.